The van der Waals surface area contributed by atoms with Gasteiger partial charge >= 0.3 is 0 Å². The van der Waals surface area contributed by atoms with E-state index < -0.39 is 17.5 Å². The summed E-state index contributed by atoms with van der Waals surface area (Å²) in [7, 11) is 0. The molecule has 1 saturated heterocycles. The summed E-state index contributed by atoms with van der Waals surface area (Å²) in [5.41, 5.74) is 0.616. The summed E-state index contributed by atoms with van der Waals surface area (Å²) in [6.45, 7) is 4.08. The molecule has 24 heavy (non-hydrogen) atoms. The van der Waals surface area contributed by atoms with Crippen molar-refractivity contribution < 1.29 is 13.6 Å². The van der Waals surface area contributed by atoms with E-state index in [1.807, 2.05) is 24.0 Å². The number of amides is 1. The minimum atomic E-state index is -0.702. The molecule has 0 unspecified atom stereocenters. The summed E-state index contributed by atoms with van der Waals surface area (Å²) in [4.78, 5) is 16.1. The number of anilines is 1. The zero-order valence-electron chi connectivity index (χ0n) is 13.4. The quantitative estimate of drug-likeness (QED) is 0.847. The van der Waals surface area contributed by atoms with Gasteiger partial charge in [0.25, 0.3) is 5.91 Å². The lowest BCUT2D eigenvalue weighted by atomic mass is 10.1. The molecule has 0 spiro atoms. The van der Waals surface area contributed by atoms with Gasteiger partial charge in [-0.1, -0.05) is 0 Å². The van der Waals surface area contributed by atoms with Gasteiger partial charge in [0.2, 0.25) is 0 Å². The highest BCUT2D eigenvalue weighted by Crippen LogP contribution is 2.17. The van der Waals surface area contributed by atoms with Gasteiger partial charge in [0.05, 0.1) is 11.3 Å². The van der Waals surface area contributed by atoms with E-state index in [2.05, 4.69) is 10.2 Å². The number of halogens is 2. The van der Waals surface area contributed by atoms with Crippen LogP contribution in [0.1, 0.15) is 22.5 Å². The van der Waals surface area contributed by atoms with Crippen molar-refractivity contribution in [2.75, 3.05) is 31.1 Å². The van der Waals surface area contributed by atoms with Gasteiger partial charge in [-0.2, -0.15) is 5.10 Å². The van der Waals surface area contributed by atoms with Crippen LogP contribution in [-0.2, 0) is 0 Å². The molecule has 5 nitrogen and oxygen atoms in total. The molecule has 0 N–H and O–H groups in total. The van der Waals surface area contributed by atoms with E-state index in [9.17, 15) is 13.6 Å². The normalized spacial score (nSPS) is 15.3. The average Bonchev–Trinajstić information content (AvgIpc) is 2.83. The summed E-state index contributed by atoms with van der Waals surface area (Å²) in [6.07, 6.45) is 0.720. The summed E-state index contributed by atoms with van der Waals surface area (Å²) >= 11 is 0. The first kappa shape index (κ1) is 16.3. The largest absolute Gasteiger partial charge is 0.353 e. The third-order valence-electron chi connectivity index (χ3n) is 4.05. The van der Waals surface area contributed by atoms with Crippen molar-refractivity contribution in [3.05, 3.63) is 53.2 Å². The molecule has 126 valence electrons. The van der Waals surface area contributed by atoms with Gasteiger partial charge in [-0.15, -0.1) is 5.10 Å². The van der Waals surface area contributed by atoms with Crippen LogP contribution in [0.2, 0.25) is 0 Å². The van der Waals surface area contributed by atoms with Crippen molar-refractivity contribution in [3.8, 4) is 0 Å². The smallest absolute Gasteiger partial charge is 0.256 e. The number of rotatable bonds is 2. The molecule has 0 atom stereocenters. The molecule has 0 bridgehead atoms. The lowest BCUT2D eigenvalue weighted by Crippen LogP contribution is -2.36. The summed E-state index contributed by atoms with van der Waals surface area (Å²) in [5.74, 6) is -1.05. The first-order chi connectivity index (χ1) is 11.5. The Morgan fingerprint density at radius 3 is 2.62 bits per heavy atom. The number of carbonyl (C=O) groups excluding carboxylic acids is 1. The zero-order chi connectivity index (χ0) is 17.1. The summed E-state index contributed by atoms with van der Waals surface area (Å²) in [6, 6.07) is 6.72. The van der Waals surface area contributed by atoms with Crippen molar-refractivity contribution in [2.45, 2.75) is 13.3 Å². The second-order valence-electron chi connectivity index (χ2n) is 5.79. The molecule has 0 aliphatic carbocycles. The highest BCUT2D eigenvalue weighted by molar-refractivity contribution is 5.94. The maximum atomic E-state index is 13.8. The van der Waals surface area contributed by atoms with Crippen LogP contribution >= 0.6 is 0 Å². The van der Waals surface area contributed by atoms with E-state index in [-0.39, 0.29) is 5.56 Å². The third-order valence-corrected chi connectivity index (χ3v) is 4.05. The Morgan fingerprint density at radius 2 is 1.88 bits per heavy atom. The Morgan fingerprint density at radius 1 is 1.04 bits per heavy atom. The van der Waals surface area contributed by atoms with Crippen molar-refractivity contribution in [1.82, 2.24) is 15.1 Å². The molecule has 1 amide bonds. The van der Waals surface area contributed by atoms with Crippen LogP contribution in [0, 0.1) is 18.6 Å². The van der Waals surface area contributed by atoms with E-state index >= 15 is 0 Å². The molecule has 7 heteroatoms. The molecule has 0 saturated carbocycles. The van der Waals surface area contributed by atoms with Gasteiger partial charge in [-0.05, 0) is 43.7 Å². The van der Waals surface area contributed by atoms with Crippen LogP contribution in [-0.4, -0.2) is 47.2 Å². The van der Waals surface area contributed by atoms with Gasteiger partial charge < -0.3 is 9.80 Å². The second kappa shape index (κ2) is 6.90. The number of aryl methyl sites for hydroxylation is 1. The number of benzene rings is 1. The van der Waals surface area contributed by atoms with Crippen LogP contribution in [0.3, 0.4) is 0 Å². The van der Waals surface area contributed by atoms with Crippen LogP contribution < -0.4 is 4.90 Å². The molecular formula is C17H18F2N4O. The number of aromatic nitrogens is 2. The molecule has 2 heterocycles. The Kier molecular flexibility index (Phi) is 4.69. The zero-order valence-corrected chi connectivity index (χ0v) is 13.4. The summed E-state index contributed by atoms with van der Waals surface area (Å²) in [5, 5.41) is 8.20. The third kappa shape index (κ3) is 3.50. The topological polar surface area (TPSA) is 49.3 Å². The molecule has 1 aliphatic heterocycles. The molecule has 2 aromatic rings. The summed E-state index contributed by atoms with van der Waals surface area (Å²) < 4.78 is 27.1. The van der Waals surface area contributed by atoms with E-state index in [1.54, 1.807) is 4.90 Å². The Balaban J connectivity index is 1.72. The standard InChI is InChI=1S/C17H18F2N4O/c1-12-3-6-16(21-20-12)22-7-2-8-23(10-9-22)17(24)14-11-13(18)4-5-15(14)19/h3-6,11H,2,7-10H2,1H3. The molecule has 1 aliphatic rings. The fraction of sp³-hybridized carbons (Fsp3) is 0.353. The maximum absolute atomic E-state index is 13.8. The van der Waals surface area contributed by atoms with E-state index in [4.69, 9.17) is 0 Å². The molecule has 1 aromatic heterocycles. The molecule has 1 fully saturated rings. The maximum Gasteiger partial charge on any atom is 0.256 e. The number of hydrogen-bond acceptors (Lipinski definition) is 4. The minimum absolute atomic E-state index is 0.224. The Hall–Kier alpha value is -2.57. The lowest BCUT2D eigenvalue weighted by molar-refractivity contribution is 0.0761. The lowest BCUT2D eigenvalue weighted by Gasteiger charge is -2.22. The Labute approximate surface area is 138 Å². The van der Waals surface area contributed by atoms with E-state index in [0.717, 1.165) is 42.7 Å². The Bertz CT molecular complexity index is 736. The van der Waals surface area contributed by atoms with Crippen LogP contribution in [0.25, 0.3) is 0 Å². The fourth-order valence-corrected chi connectivity index (χ4v) is 2.74. The van der Waals surface area contributed by atoms with Crippen molar-refractivity contribution in [3.63, 3.8) is 0 Å². The average molecular weight is 332 g/mol. The van der Waals surface area contributed by atoms with Gasteiger partial charge in [0.1, 0.15) is 11.6 Å². The second-order valence-corrected chi connectivity index (χ2v) is 5.79. The van der Waals surface area contributed by atoms with Gasteiger partial charge in [0, 0.05) is 26.2 Å². The molecule has 1 aromatic carbocycles. The number of hydrogen-bond donors (Lipinski definition) is 0. The highest BCUT2D eigenvalue weighted by atomic mass is 19.1. The van der Waals surface area contributed by atoms with Crippen molar-refractivity contribution in [1.29, 1.82) is 0 Å². The predicted molar refractivity (Wildman–Crippen MR) is 85.9 cm³/mol. The van der Waals surface area contributed by atoms with Crippen molar-refractivity contribution in [2.24, 2.45) is 0 Å². The van der Waals surface area contributed by atoms with Crippen molar-refractivity contribution >= 4 is 11.7 Å². The number of carbonyl (C=O) groups is 1. The van der Waals surface area contributed by atoms with Gasteiger partial charge in [-0.25, -0.2) is 8.78 Å². The first-order valence-electron chi connectivity index (χ1n) is 7.84. The number of nitrogens with zero attached hydrogens (tertiary/aromatic N) is 4. The van der Waals surface area contributed by atoms with Gasteiger partial charge in [0.15, 0.2) is 5.82 Å². The van der Waals surface area contributed by atoms with Crippen LogP contribution in [0.5, 0.6) is 0 Å². The highest BCUT2D eigenvalue weighted by Gasteiger charge is 2.23. The SMILES string of the molecule is Cc1ccc(N2CCCN(C(=O)c3cc(F)ccc3F)CC2)nn1. The van der Waals surface area contributed by atoms with E-state index in [1.165, 1.54) is 0 Å². The predicted octanol–water partition coefficient (Wildman–Crippen LogP) is 2.42. The van der Waals surface area contributed by atoms with Crippen LogP contribution in [0.4, 0.5) is 14.6 Å². The molecule has 0 radical (unpaired) electrons. The minimum Gasteiger partial charge on any atom is -0.353 e. The molecular weight excluding hydrogens is 314 g/mol. The molecule has 3 rings (SSSR count). The van der Waals surface area contributed by atoms with E-state index in [0.29, 0.717) is 19.6 Å². The monoisotopic (exact) mass is 332 g/mol. The van der Waals surface area contributed by atoms with Crippen LogP contribution in [0.15, 0.2) is 30.3 Å². The van der Waals surface area contributed by atoms with Gasteiger partial charge in [-0.3, -0.25) is 4.79 Å². The first-order valence-corrected chi connectivity index (χ1v) is 7.84. The fourth-order valence-electron chi connectivity index (χ4n) is 2.74.